The molecular weight excluding hydrogens is 142 g/mol. The molecule has 0 heterocycles. The number of hydrogen-bond acceptors (Lipinski definition) is 2. The fourth-order valence-corrected chi connectivity index (χ4v) is 0.741. The molecule has 0 fully saturated rings. The highest BCUT2D eigenvalue weighted by Crippen LogP contribution is 2.06. The van der Waals surface area contributed by atoms with Crippen LogP contribution in [0.3, 0.4) is 0 Å². The van der Waals surface area contributed by atoms with Crippen molar-refractivity contribution in [3.8, 4) is 0 Å². The van der Waals surface area contributed by atoms with Crippen molar-refractivity contribution in [2.24, 2.45) is 5.92 Å². The van der Waals surface area contributed by atoms with Gasteiger partial charge in [-0.05, 0) is 12.8 Å². The summed E-state index contributed by atoms with van der Waals surface area (Å²) in [6.45, 7) is 6.17. The summed E-state index contributed by atoms with van der Waals surface area (Å²) in [4.78, 5) is 10.7. The van der Waals surface area contributed by atoms with Crippen molar-refractivity contribution in [2.75, 3.05) is 7.11 Å². The van der Waals surface area contributed by atoms with Gasteiger partial charge in [0, 0.05) is 6.04 Å². The molecular formula is C8H17NO2. The van der Waals surface area contributed by atoms with E-state index in [1.54, 1.807) is 0 Å². The molecule has 0 aromatic rings. The number of carbonyl (C=O) groups excluding carboxylic acids is 1. The van der Waals surface area contributed by atoms with E-state index in [0.717, 1.165) is 6.42 Å². The Kier molecular flexibility index (Phi) is 4.66. The number of ether oxygens (including phenoxy) is 1. The molecule has 1 amide bonds. The summed E-state index contributed by atoms with van der Waals surface area (Å²) in [5.41, 5.74) is 0. The summed E-state index contributed by atoms with van der Waals surface area (Å²) < 4.78 is 4.47. The average molecular weight is 159 g/mol. The van der Waals surface area contributed by atoms with Crippen molar-refractivity contribution in [3.05, 3.63) is 0 Å². The number of hydrogen-bond donors (Lipinski definition) is 1. The van der Waals surface area contributed by atoms with Gasteiger partial charge in [0.2, 0.25) is 0 Å². The lowest BCUT2D eigenvalue weighted by Crippen LogP contribution is -2.36. The Balaban J connectivity index is 3.67. The quantitative estimate of drug-likeness (QED) is 0.681. The van der Waals surface area contributed by atoms with Crippen molar-refractivity contribution >= 4 is 6.09 Å². The van der Waals surface area contributed by atoms with Gasteiger partial charge in [-0.3, -0.25) is 0 Å². The van der Waals surface area contributed by atoms with E-state index in [1.165, 1.54) is 7.11 Å². The molecule has 0 saturated heterocycles. The van der Waals surface area contributed by atoms with Crippen molar-refractivity contribution in [2.45, 2.75) is 33.2 Å². The average Bonchev–Trinajstić information content (AvgIpc) is 2.02. The fourth-order valence-electron chi connectivity index (χ4n) is 0.741. The zero-order chi connectivity index (χ0) is 8.85. The largest absolute Gasteiger partial charge is 0.453 e. The summed E-state index contributed by atoms with van der Waals surface area (Å²) in [5, 5.41) is 2.72. The van der Waals surface area contributed by atoms with Gasteiger partial charge in [0.1, 0.15) is 0 Å². The minimum atomic E-state index is -0.349. The molecule has 0 rings (SSSR count). The summed E-state index contributed by atoms with van der Waals surface area (Å²) in [6.07, 6.45) is 0.711. The van der Waals surface area contributed by atoms with Gasteiger partial charge in [0.05, 0.1) is 7.11 Å². The molecule has 0 aliphatic carbocycles. The number of amides is 1. The molecule has 0 aromatic carbocycles. The summed E-state index contributed by atoms with van der Waals surface area (Å²) in [7, 11) is 1.37. The van der Waals surface area contributed by atoms with Crippen LogP contribution in [0.2, 0.25) is 0 Å². The monoisotopic (exact) mass is 159 g/mol. The van der Waals surface area contributed by atoms with Crippen LogP contribution in [0.1, 0.15) is 27.2 Å². The molecule has 1 N–H and O–H groups in total. The summed E-state index contributed by atoms with van der Waals surface area (Å²) >= 11 is 0. The minimum absolute atomic E-state index is 0.187. The second kappa shape index (κ2) is 4.99. The lowest BCUT2D eigenvalue weighted by molar-refractivity contribution is 0.163. The lowest BCUT2D eigenvalue weighted by atomic mass is 10.0. The van der Waals surface area contributed by atoms with E-state index in [4.69, 9.17) is 0 Å². The van der Waals surface area contributed by atoms with E-state index in [1.807, 2.05) is 6.92 Å². The maximum absolute atomic E-state index is 10.7. The third-order valence-corrected chi connectivity index (χ3v) is 2.03. The Morgan fingerprint density at radius 3 is 2.45 bits per heavy atom. The van der Waals surface area contributed by atoms with Gasteiger partial charge < -0.3 is 10.1 Å². The first-order chi connectivity index (χ1) is 5.11. The van der Waals surface area contributed by atoms with Gasteiger partial charge in [-0.1, -0.05) is 20.3 Å². The molecule has 0 saturated carbocycles. The Labute approximate surface area is 68.1 Å². The second-order valence-electron chi connectivity index (χ2n) is 2.81. The van der Waals surface area contributed by atoms with Crippen molar-refractivity contribution in [1.82, 2.24) is 5.32 Å². The third kappa shape index (κ3) is 3.86. The van der Waals surface area contributed by atoms with Gasteiger partial charge in [0.15, 0.2) is 0 Å². The van der Waals surface area contributed by atoms with Crippen LogP contribution in [0.5, 0.6) is 0 Å². The van der Waals surface area contributed by atoms with E-state index >= 15 is 0 Å². The van der Waals surface area contributed by atoms with Crippen LogP contribution < -0.4 is 5.32 Å². The molecule has 0 aromatic heterocycles. The van der Waals surface area contributed by atoms with Gasteiger partial charge >= 0.3 is 6.09 Å². The zero-order valence-corrected chi connectivity index (χ0v) is 7.68. The maximum Gasteiger partial charge on any atom is 0.407 e. The van der Waals surface area contributed by atoms with Crippen LogP contribution >= 0.6 is 0 Å². The van der Waals surface area contributed by atoms with E-state index in [0.29, 0.717) is 5.92 Å². The summed E-state index contributed by atoms with van der Waals surface area (Å²) in [5.74, 6) is 0.495. The van der Waals surface area contributed by atoms with E-state index in [-0.39, 0.29) is 12.1 Å². The molecule has 0 aliphatic heterocycles. The molecule has 3 heteroatoms. The molecule has 2 atom stereocenters. The molecule has 66 valence electrons. The molecule has 0 aliphatic rings. The first-order valence-corrected chi connectivity index (χ1v) is 3.96. The third-order valence-electron chi connectivity index (χ3n) is 2.03. The predicted octanol–water partition coefficient (Wildman–Crippen LogP) is 1.78. The molecule has 0 bridgehead atoms. The fraction of sp³-hybridized carbons (Fsp3) is 0.875. The molecule has 11 heavy (non-hydrogen) atoms. The Morgan fingerprint density at radius 1 is 1.55 bits per heavy atom. The smallest absolute Gasteiger partial charge is 0.407 e. The van der Waals surface area contributed by atoms with Gasteiger partial charge in [-0.25, -0.2) is 4.79 Å². The van der Waals surface area contributed by atoms with Crippen LogP contribution in [-0.2, 0) is 4.74 Å². The molecule has 3 nitrogen and oxygen atoms in total. The highest BCUT2D eigenvalue weighted by atomic mass is 16.5. The number of nitrogens with one attached hydrogen (secondary N) is 1. The number of rotatable bonds is 3. The first kappa shape index (κ1) is 10.3. The Morgan fingerprint density at radius 2 is 2.09 bits per heavy atom. The molecule has 0 spiro atoms. The van der Waals surface area contributed by atoms with Crippen molar-refractivity contribution in [1.29, 1.82) is 0 Å². The van der Waals surface area contributed by atoms with Gasteiger partial charge in [0.25, 0.3) is 0 Å². The SMILES string of the molecule is CC[C@@H](C)[C@@H](C)NC(=O)OC. The number of alkyl carbamates (subject to hydrolysis) is 1. The minimum Gasteiger partial charge on any atom is -0.453 e. The van der Waals surface area contributed by atoms with Crippen LogP contribution in [0.4, 0.5) is 4.79 Å². The van der Waals surface area contributed by atoms with Crippen LogP contribution in [-0.4, -0.2) is 19.2 Å². The van der Waals surface area contributed by atoms with Gasteiger partial charge in [-0.15, -0.1) is 0 Å². The number of carbonyl (C=O) groups is 1. The highest BCUT2D eigenvalue weighted by molar-refractivity contribution is 5.67. The van der Waals surface area contributed by atoms with Crippen LogP contribution in [0.15, 0.2) is 0 Å². The van der Waals surface area contributed by atoms with Crippen molar-refractivity contribution in [3.63, 3.8) is 0 Å². The van der Waals surface area contributed by atoms with E-state index in [2.05, 4.69) is 23.9 Å². The number of methoxy groups -OCH3 is 1. The highest BCUT2D eigenvalue weighted by Gasteiger charge is 2.12. The van der Waals surface area contributed by atoms with Crippen LogP contribution in [0, 0.1) is 5.92 Å². The molecule has 0 unspecified atom stereocenters. The van der Waals surface area contributed by atoms with Crippen molar-refractivity contribution < 1.29 is 9.53 Å². The van der Waals surface area contributed by atoms with E-state index < -0.39 is 0 Å². The predicted molar refractivity (Wildman–Crippen MR) is 44.5 cm³/mol. The Bertz CT molecular complexity index is 125. The lowest BCUT2D eigenvalue weighted by Gasteiger charge is -2.18. The van der Waals surface area contributed by atoms with E-state index in [9.17, 15) is 4.79 Å². The van der Waals surface area contributed by atoms with Crippen LogP contribution in [0.25, 0.3) is 0 Å². The standard InChI is InChI=1S/C8H17NO2/c1-5-6(2)7(3)9-8(10)11-4/h6-7H,5H2,1-4H3,(H,9,10)/t6-,7-/m1/s1. The second-order valence-corrected chi connectivity index (χ2v) is 2.81. The Hall–Kier alpha value is -0.730. The zero-order valence-electron chi connectivity index (χ0n) is 7.68. The molecule has 0 radical (unpaired) electrons. The van der Waals surface area contributed by atoms with Gasteiger partial charge in [-0.2, -0.15) is 0 Å². The topological polar surface area (TPSA) is 38.3 Å². The summed E-state index contributed by atoms with van der Waals surface area (Å²) in [6, 6.07) is 0.187. The normalized spacial score (nSPS) is 15.3. The maximum atomic E-state index is 10.7. The first-order valence-electron chi connectivity index (χ1n) is 3.96.